The number of nitrogens with one attached hydrogen (secondary N) is 1. The fourth-order valence-electron chi connectivity index (χ4n) is 3.15. The lowest BCUT2D eigenvalue weighted by Gasteiger charge is -2.19. The van der Waals surface area contributed by atoms with E-state index in [1.165, 1.54) is 20.4 Å². The van der Waals surface area contributed by atoms with Crippen LogP contribution in [-0.2, 0) is 20.8 Å². The third-order valence-corrected chi connectivity index (χ3v) is 4.41. The smallest absolute Gasteiger partial charge is 0.356 e. The van der Waals surface area contributed by atoms with Crippen LogP contribution in [-0.4, -0.2) is 56.7 Å². The van der Waals surface area contributed by atoms with Crippen molar-refractivity contribution in [3.8, 4) is 23.0 Å². The summed E-state index contributed by atoms with van der Waals surface area (Å²) < 4.78 is 27.3. The molecule has 2 heterocycles. The molecule has 1 unspecified atom stereocenters. The highest BCUT2D eigenvalue weighted by atomic mass is 32.1. The molecule has 162 valence electrons. The lowest BCUT2D eigenvalue weighted by molar-refractivity contribution is -0.135. The topological polar surface area (TPSA) is 135 Å². The van der Waals surface area contributed by atoms with Crippen LogP contribution in [0.1, 0.15) is 24.5 Å². The molecule has 2 aliphatic rings. The van der Waals surface area contributed by atoms with Gasteiger partial charge in [-0.05, 0) is 19.1 Å². The van der Waals surface area contributed by atoms with E-state index in [1.54, 1.807) is 6.92 Å². The van der Waals surface area contributed by atoms with Crippen molar-refractivity contribution in [2.45, 2.75) is 25.9 Å². The number of hydrazone groups is 1. The van der Waals surface area contributed by atoms with Crippen LogP contribution in [0.15, 0.2) is 10.3 Å². The van der Waals surface area contributed by atoms with Crippen LogP contribution in [0.3, 0.4) is 0 Å². The SMILES string of the molecule is CCOC(=O)C1=NOC(Cc2c(C=NNC(N)=S)c3c(c(OC)c2OC)OCO3)C1. The van der Waals surface area contributed by atoms with Crippen LogP contribution >= 0.6 is 12.2 Å². The number of fused-ring (bicyclic) bond motifs is 1. The van der Waals surface area contributed by atoms with Crippen molar-refractivity contribution in [1.82, 2.24) is 5.43 Å². The van der Waals surface area contributed by atoms with Gasteiger partial charge in [0.1, 0.15) is 6.10 Å². The number of oxime groups is 1. The second kappa shape index (κ2) is 9.48. The maximum atomic E-state index is 11.9. The molecule has 11 nitrogen and oxygen atoms in total. The van der Waals surface area contributed by atoms with Gasteiger partial charge in [0, 0.05) is 24.0 Å². The van der Waals surface area contributed by atoms with Gasteiger partial charge in [-0.1, -0.05) is 5.16 Å². The Bertz CT molecular complexity index is 903. The number of carbonyl (C=O) groups excluding carboxylic acids is 1. The number of esters is 1. The van der Waals surface area contributed by atoms with Gasteiger partial charge in [0.2, 0.25) is 18.3 Å². The normalized spacial score (nSPS) is 16.8. The van der Waals surface area contributed by atoms with Crippen molar-refractivity contribution in [3.63, 3.8) is 0 Å². The zero-order chi connectivity index (χ0) is 21.7. The summed E-state index contributed by atoms with van der Waals surface area (Å²) in [6.07, 6.45) is 1.66. The Balaban J connectivity index is 1.97. The number of carbonyl (C=O) groups is 1. The summed E-state index contributed by atoms with van der Waals surface area (Å²) >= 11 is 4.78. The molecule has 0 saturated heterocycles. The Morgan fingerprint density at radius 2 is 2.07 bits per heavy atom. The van der Waals surface area contributed by atoms with Crippen molar-refractivity contribution in [1.29, 1.82) is 0 Å². The number of benzene rings is 1. The van der Waals surface area contributed by atoms with Crippen molar-refractivity contribution < 1.29 is 33.3 Å². The van der Waals surface area contributed by atoms with E-state index >= 15 is 0 Å². The largest absolute Gasteiger partial charge is 0.492 e. The van der Waals surface area contributed by atoms with E-state index in [1.807, 2.05) is 0 Å². The van der Waals surface area contributed by atoms with Gasteiger partial charge in [-0.2, -0.15) is 5.10 Å². The molecule has 0 radical (unpaired) electrons. The number of ether oxygens (including phenoxy) is 5. The van der Waals surface area contributed by atoms with Crippen molar-refractivity contribution >= 4 is 35.2 Å². The molecule has 1 atom stereocenters. The second-order valence-electron chi connectivity index (χ2n) is 6.15. The van der Waals surface area contributed by atoms with Gasteiger partial charge in [0.15, 0.2) is 22.3 Å². The standard InChI is InChI=1S/C18H22N4O7S/c1-4-26-17(23)12-6-9(29-22-12)5-10-11(7-20-21-18(19)30)14-16(28-8-27-14)15(25-3)13(10)24-2/h7,9H,4-6,8H2,1-3H3,(H3,19,21,30). The van der Waals surface area contributed by atoms with E-state index in [9.17, 15) is 4.79 Å². The van der Waals surface area contributed by atoms with Crippen LogP contribution in [0, 0.1) is 0 Å². The summed E-state index contributed by atoms with van der Waals surface area (Å²) in [5, 5.41) is 7.90. The summed E-state index contributed by atoms with van der Waals surface area (Å²) in [6, 6.07) is 0. The fourth-order valence-corrected chi connectivity index (χ4v) is 3.20. The number of hydrogen-bond donors (Lipinski definition) is 2. The molecule has 2 aliphatic heterocycles. The van der Waals surface area contributed by atoms with Gasteiger partial charge in [0.25, 0.3) is 0 Å². The molecule has 0 aromatic heterocycles. The van der Waals surface area contributed by atoms with Crippen LogP contribution in [0.25, 0.3) is 0 Å². The Labute approximate surface area is 178 Å². The first kappa shape index (κ1) is 21.4. The number of methoxy groups -OCH3 is 2. The molecule has 0 aliphatic carbocycles. The maximum Gasteiger partial charge on any atom is 0.356 e. The number of rotatable bonds is 8. The Morgan fingerprint density at radius 3 is 2.73 bits per heavy atom. The van der Waals surface area contributed by atoms with Crippen LogP contribution in [0.5, 0.6) is 23.0 Å². The minimum atomic E-state index is -0.502. The second-order valence-corrected chi connectivity index (χ2v) is 6.59. The Kier molecular flexibility index (Phi) is 6.77. The molecule has 1 aromatic carbocycles. The molecule has 1 aromatic rings. The molecule has 3 N–H and O–H groups in total. The minimum Gasteiger partial charge on any atom is -0.492 e. The van der Waals surface area contributed by atoms with Gasteiger partial charge in [-0.3, -0.25) is 5.43 Å². The van der Waals surface area contributed by atoms with Crippen molar-refractivity contribution in [2.75, 3.05) is 27.6 Å². The molecule has 0 spiro atoms. The van der Waals surface area contributed by atoms with Crippen molar-refractivity contribution in [3.05, 3.63) is 11.1 Å². The average molecular weight is 438 g/mol. The zero-order valence-electron chi connectivity index (χ0n) is 16.7. The highest BCUT2D eigenvalue weighted by molar-refractivity contribution is 7.80. The van der Waals surface area contributed by atoms with E-state index in [2.05, 4.69) is 15.7 Å². The summed E-state index contributed by atoms with van der Waals surface area (Å²) in [4.78, 5) is 17.4. The third kappa shape index (κ3) is 4.32. The highest BCUT2D eigenvalue weighted by Gasteiger charge is 2.34. The van der Waals surface area contributed by atoms with Crippen LogP contribution in [0.4, 0.5) is 0 Å². The quantitative estimate of drug-likeness (QED) is 0.260. The fraction of sp³-hybridized carbons (Fsp3) is 0.444. The van der Waals surface area contributed by atoms with Gasteiger partial charge in [-0.15, -0.1) is 0 Å². The number of nitrogens with zero attached hydrogens (tertiary/aromatic N) is 2. The summed E-state index contributed by atoms with van der Waals surface area (Å²) in [7, 11) is 3.01. The Hall–Kier alpha value is -3.28. The molecular weight excluding hydrogens is 416 g/mol. The minimum absolute atomic E-state index is 0.00805. The Morgan fingerprint density at radius 1 is 1.33 bits per heavy atom. The average Bonchev–Trinajstić information content (AvgIpc) is 3.38. The van der Waals surface area contributed by atoms with E-state index in [0.717, 1.165) is 0 Å². The van der Waals surface area contributed by atoms with Crippen LogP contribution in [0.2, 0.25) is 0 Å². The van der Waals surface area contributed by atoms with E-state index < -0.39 is 12.1 Å². The third-order valence-electron chi connectivity index (χ3n) is 4.32. The first-order chi connectivity index (χ1) is 14.5. The van der Waals surface area contributed by atoms with Gasteiger partial charge >= 0.3 is 5.97 Å². The lowest BCUT2D eigenvalue weighted by Crippen LogP contribution is -2.24. The first-order valence-corrected chi connectivity index (χ1v) is 9.45. The van der Waals surface area contributed by atoms with Crippen LogP contribution < -0.4 is 30.1 Å². The summed E-state index contributed by atoms with van der Waals surface area (Å²) in [5.74, 6) is 1.12. The molecule has 3 rings (SSSR count). The van der Waals surface area contributed by atoms with Crippen molar-refractivity contribution in [2.24, 2.45) is 16.0 Å². The molecule has 0 fully saturated rings. The van der Waals surface area contributed by atoms with Gasteiger partial charge in [0.05, 0.1) is 27.0 Å². The number of nitrogens with two attached hydrogens (primary N) is 1. The van der Waals surface area contributed by atoms with E-state index in [4.69, 9.17) is 46.5 Å². The predicted octanol–water partition coefficient (Wildman–Crippen LogP) is 0.850. The lowest BCUT2D eigenvalue weighted by atomic mass is 9.96. The molecule has 0 bridgehead atoms. The zero-order valence-corrected chi connectivity index (χ0v) is 17.5. The highest BCUT2D eigenvalue weighted by Crippen LogP contribution is 2.51. The monoisotopic (exact) mass is 438 g/mol. The summed E-state index contributed by atoms with van der Waals surface area (Å²) in [5.41, 5.74) is 9.39. The van der Waals surface area contributed by atoms with Gasteiger partial charge in [-0.25, -0.2) is 4.79 Å². The van der Waals surface area contributed by atoms with E-state index in [-0.39, 0.29) is 30.6 Å². The molecule has 12 heteroatoms. The first-order valence-electron chi connectivity index (χ1n) is 9.04. The molecular formula is C18H22N4O7S. The molecule has 0 amide bonds. The maximum absolute atomic E-state index is 11.9. The summed E-state index contributed by atoms with van der Waals surface area (Å²) in [6.45, 7) is 1.99. The van der Waals surface area contributed by atoms with E-state index in [0.29, 0.717) is 40.5 Å². The van der Waals surface area contributed by atoms with Gasteiger partial charge < -0.3 is 34.3 Å². The molecule has 30 heavy (non-hydrogen) atoms. The number of thiocarbonyl (C=S) groups is 1. The predicted molar refractivity (Wildman–Crippen MR) is 110 cm³/mol. The number of hydrogen-bond acceptors (Lipinski definition) is 10. The molecule has 0 saturated carbocycles.